The molecule has 0 aliphatic carbocycles. The summed E-state index contributed by atoms with van der Waals surface area (Å²) in [6.45, 7) is 7.20. The molecule has 0 bridgehead atoms. The lowest BCUT2D eigenvalue weighted by molar-refractivity contribution is 0.131. The minimum atomic E-state index is -0.304. The van der Waals surface area contributed by atoms with Gasteiger partial charge in [0.15, 0.2) is 0 Å². The lowest BCUT2D eigenvalue weighted by Gasteiger charge is -2.28. The number of ether oxygens (including phenoxy) is 1. The summed E-state index contributed by atoms with van der Waals surface area (Å²) in [5.74, 6) is 0.703. The van der Waals surface area contributed by atoms with Gasteiger partial charge in [-0.3, -0.25) is 0 Å². The van der Waals surface area contributed by atoms with Crippen molar-refractivity contribution in [2.75, 3.05) is 11.9 Å². The quantitative estimate of drug-likeness (QED) is 0.887. The molecule has 0 saturated carbocycles. The van der Waals surface area contributed by atoms with Gasteiger partial charge in [-0.2, -0.15) is 0 Å². The highest BCUT2D eigenvalue weighted by atomic mass is 16.5. The Morgan fingerprint density at radius 1 is 1.36 bits per heavy atom. The van der Waals surface area contributed by atoms with E-state index in [1.54, 1.807) is 15.6 Å². The monoisotopic (exact) mass is 345 g/mol. The molecule has 2 N–H and O–H groups in total. The van der Waals surface area contributed by atoms with Crippen molar-refractivity contribution in [3.63, 3.8) is 0 Å². The van der Waals surface area contributed by atoms with Crippen molar-refractivity contribution in [3.8, 4) is 5.75 Å². The van der Waals surface area contributed by atoms with E-state index in [-0.39, 0.29) is 18.2 Å². The number of aliphatic hydroxyl groups is 1. The molecule has 2 amide bonds. The third-order valence-electron chi connectivity index (χ3n) is 3.79. The second-order valence-electron chi connectivity index (χ2n) is 6.96. The molecule has 1 aliphatic heterocycles. The van der Waals surface area contributed by atoms with Crippen LogP contribution in [-0.2, 0) is 19.7 Å². The second kappa shape index (κ2) is 6.72. The Labute approximate surface area is 146 Å². The Bertz CT molecular complexity index is 752. The fourth-order valence-corrected chi connectivity index (χ4v) is 2.69. The number of anilines is 1. The molecule has 3 rings (SSSR count). The summed E-state index contributed by atoms with van der Waals surface area (Å²) in [6.07, 6.45) is 0. The number of nitrogens with zero attached hydrogens (tertiary/aromatic N) is 4. The third kappa shape index (κ3) is 4.08. The molecular formula is C17H23N5O3. The zero-order chi connectivity index (χ0) is 18.0. The van der Waals surface area contributed by atoms with E-state index in [2.05, 4.69) is 15.6 Å². The smallest absolute Gasteiger partial charge is 0.322 e. The van der Waals surface area contributed by atoms with E-state index in [0.717, 1.165) is 5.69 Å². The predicted molar refractivity (Wildman–Crippen MR) is 92.2 cm³/mol. The number of amides is 2. The summed E-state index contributed by atoms with van der Waals surface area (Å²) >= 11 is 0. The van der Waals surface area contributed by atoms with Crippen molar-refractivity contribution in [2.45, 2.75) is 46.1 Å². The summed E-state index contributed by atoms with van der Waals surface area (Å²) in [5, 5.41) is 20.1. The van der Waals surface area contributed by atoms with Gasteiger partial charge >= 0.3 is 6.03 Å². The second-order valence-corrected chi connectivity index (χ2v) is 6.96. The van der Waals surface area contributed by atoms with E-state index in [9.17, 15) is 9.90 Å². The highest BCUT2D eigenvalue weighted by molar-refractivity contribution is 5.89. The number of urea groups is 1. The maximum Gasteiger partial charge on any atom is 0.322 e. The highest BCUT2D eigenvalue weighted by Gasteiger charge is 2.24. The molecule has 2 heterocycles. The fourth-order valence-electron chi connectivity index (χ4n) is 2.69. The molecule has 1 aliphatic rings. The van der Waals surface area contributed by atoms with Crippen LogP contribution < -0.4 is 10.1 Å². The summed E-state index contributed by atoms with van der Waals surface area (Å²) in [4.78, 5) is 14.2. The average Bonchev–Trinajstić information content (AvgIpc) is 2.95. The number of carbonyl (C=O) groups excluding carboxylic acids is 1. The van der Waals surface area contributed by atoms with Gasteiger partial charge in [0.05, 0.1) is 25.4 Å². The summed E-state index contributed by atoms with van der Waals surface area (Å²) in [6, 6.07) is 7.12. The third-order valence-corrected chi connectivity index (χ3v) is 3.79. The fraction of sp³-hybridized carbons (Fsp3) is 0.471. The number of aliphatic hydroxyl groups excluding tert-OH is 1. The van der Waals surface area contributed by atoms with Gasteiger partial charge in [-0.05, 0) is 32.9 Å². The number of carbonyl (C=O) groups is 1. The van der Waals surface area contributed by atoms with Crippen LogP contribution in [0.25, 0.3) is 0 Å². The molecule has 8 heteroatoms. The van der Waals surface area contributed by atoms with Crippen LogP contribution in [0, 0.1) is 0 Å². The Hall–Kier alpha value is -2.61. The Morgan fingerprint density at radius 3 is 2.88 bits per heavy atom. The van der Waals surface area contributed by atoms with Crippen LogP contribution in [0.3, 0.4) is 0 Å². The van der Waals surface area contributed by atoms with Crippen LogP contribution in [0.1, 0.15) is 32.2 Å². The molecule has 0 saturated heterocycles. The van der Waals surface area contributed by atoms with Crippen molar-refractivity contribution in [1.82, 2.24) is 19.9 Å². The van der Waals surface area contributed by atoms with E-state index in [1.807, 2.05) is 39.0 Å². The lowest BCUT2D eigenvalue weighted by atomic mass is 10.2. The Morgan fingerprint density at radius 2 is 2.16 bits per heavy atom. The van der Waals surface area contributed by atoms with Crippen LogP contribution in [0.5, 0.6) is 5.75 Å². The van der Waals surface area contributed by atoms with Gasteiger partial charge in [0.1, 0.15) is 17.0 Å². The summed E-state index contributed by atoms with van der Waals surface area (Å²) in [5.41, 5.74) is 1.65. The normalized spacial score (nSPS) is 14.2. The summed E-state index contributed by atoms with van der Waals surface area (Å²) < 4.78 is 7.55. The Balaban J connectivity index is 1.68. The standard InChI is InChI=1S/C17H23N5O3/c1-17(2,3)25-13-6-4-5-12(9-13)18-16(24)21-7-8-22-15(10-21)14(11-23)19-20-22/h4-6,9,23H,7-8,10-11H2,1-3H3,(H,18,24). The van der Waals surface area contributed by atoms with E-state index in [4.69, 9.17) is 4.74 Å². The average molecular weight is 345 g/mol. The van der Waals surface area contributed by atoms with Crippen LogP contribution in [0.4, 0.5) is 10.5 Å². The van der Waals surface area contributed by atoms with E-state index in [1.165, 1.54) is 0 Å². The molecule has 8 nitrogen and oxygen atoms in total. The maximum atomic E-state index is 12.6. The number of fused-ring (bicyclic) bond motifs is 1. The minimum Gasteiger partial charge on any atom is -0.488 e. The largest absolute Gasteiger partial charge is 0.488 e. The number of nitrogens with one attached hydrogen (secondary N) is 1. The van der Waals surface area contributed by atoms with Gasteiger partial charge in [-0.1, -0.05) is 11.3 Å². The number of benzene rings is 1. The zero-order valence-electron chi connectivity index (χ0n) is 14.7. The van der Waals surface area contributed by atoms with Gasteiger partial charge in [0.25, 0.3) is 0 Å². The van der Waals surface area contributed by atoms with Crippen LogP contribution in [0.15, 0.2) is 24.3 Å². The first-order valence-electron chi connectivity index (χ1n) is 8.23. The van der Waals surface area contributed by atoms with Crippen molar-refractivity contribution >= 4 is 11.7 Å². The molecule has 0 fully saturated rings. The molecule has 0 atom stereocenters. The first kappa shape index (κ1) is 17.2. The first-order valence-corrected chi connectivity index (χ1v) is 8.23. The molecule has 134 valence electrons. The van der Waals surface area contributed by atoms with Crippen molar-refractivity contribution in [1.29, 1.82) is 0 Å². The maximum absolute atomic E-state index is 12.6. The van der Waals surface area contributed by atoms with E-state index < -0.39 is 0 Å². The summed E-state index contributed by atoms with van der Waals surface area (Å²) in [7, 11) is 0. The zero-order valence-corrected chi connectivity index (χ0v) is 14.7. The number of hydrogen-bond acceptors (Lipinski definition) is 5. The van der Waals surface area contributed by atoms with Crippen molar-refractivity contribution < 1.29 is 14.6 Å². The Kier molecular flexibility index (Phi) is 4.63. The van der Waals surface area contributed by atoms with Gasteiger partial charge in [0, 0.05) is 18.3 Å². The van der Waals surface area contributed by atoms with Crippen LogP contribution in [-0.4, -0.2) is 43.2 Å². The van der Waals surface area contributed by atoms with Crippen molar-refractivity contribution in [2.24, 2.45) is 0 Å². The molecule has 0 spiro atoms. The highest BCUT2D eigenvalue weighted by Crippen LogP contribution is 2.23. The molecule has 0 radical (unpaired) electrons. The molecule has 1 aromatic carbocycles. The molecule has 0 unspecified atom stereocenters. The number of aromatic nitrogens is 3. The van der Waals surface area contributed by atoms with Crippen molar-refractivity contribution in [3.05, 3.63) is 35.7 Å². The SMILES string of the molecule is CC(C)(C)Oc1cccc(NC(=O)N2CCn3nnc(CO)c3C2)c1. The van der Waals surface area contributed by atoms with Gasteiger partial charge in [-0.25, -0.2) is 9.48 Å². The van der Waals surface area contributed by atoms with Crippen LogP contribution >= 0.6 is 0 Å². The van der Waals surface area contributed by atoms with E-state index >= 15 is 0 Å². The molecule has 2 aromatic rings. The topological polar surface area (TPSA) is 92.5 Å². The molecular weight excluding hydrogens is 322 g/mol. The predicted octanol–water partition coefficient (Wildman–Crippen LogP) is 2.00. The van der Waals surface area contributed by atoms with E-state index in [0.29, 0.717) is 36.8 Å². The molecule has 1 aromatic heterocycles. The number of rotatable bonds is 3. The first-order chi connectivity index (χ1) is 11.9. The molecule has 25 heavy (non-hydrogen) atoms. The lowest BCUT2D eigenvalue weighted by Crippen LogP contribution is -2.41. The number of hydrogen-bond donors (Lipinski definition) is 2. The minimum absolute atomic E-state index is 0.184. The van der Waals surface area contributed by atoms with Crippen LogP contribution in [0.2, 0.25) is 0 Å². The van der Waals surface area contributed by atoms with Gasteiger partial charge < -0.3 is 20.1 Å². The van der Waals surface area contributed by atoms with Gasteiger partial charge in [0.2, 0.25) is 0 Å². The van der Waals surface area contributed by atoms with Gasteiger partial charge in [-0.15, -0.1) is 5.10 Å².